The van der Waals surface area contributed by atoms with Crippen molar-refractivity contribution in [2.24, 2.45) is 5.92 Å². The third-order valence-corrected chi connectivity index (χ3v) is 5.32. The van der Waals surface area contributed by atoms with Gasteiger partial charge in [-0.1, -0.05) is 26.0 Å². The number of rotatable bonds is 6. The fraction of sp³-hybridized carbons (Fsp3) is 0.381. The van der Waals surface area contributed by atoms with Crippen LogP contribution in [0.3, 0.4) is 0 Å². The molecule has 28 heavy (non-hydrogen) atoms. The minimum atomic E-state index is -0.429. The van der Waals surface area contributed by atoms with E-state index in [0.717, 1.165) is 22.0 Å². The first-order valence-electron chi connectivity index (χ1n) is 9.34. The summed E-state index contributed by atoms with van der Waals surface area (Å²) in [6.45, 7) is 7.28. The molecule has 1 aromatic heterocycles. The molecule has 1 saturated heterocycles. The number of amides is 2. The second-order valence-electron chi connectivity index (χ2n) is 7.06. The number of nitrogens with zero attached hydrogens (tertiary/aromatic N) is 2. The SMILES string of the molecule is Cc1nc(COc2cccc(C=CC(=O)N3CCNC(=O)C3C(C)C)c2)cs1. The third-order valence-electron chi connectivity index (χ3n) is 4.50. The largest absolute Gasteiger partial charge is 0.487 e. The van der Waals surface area contributed by atoms with Crippen LogP contribution in [0, 0.1) is 12.8 Å². The van der Waals surface area contributed by atoms with Gasteiger partial charge < -0.3 is 15.0 Å². The van der Waals surface area contributed by atoms with Crippen LogP contribution >= 0.6 is 11.3 Å². The van der Waals surface area contributed by atoms with E-state index in [1.54, 1.807) is 22.3 Å². The topological polar surface area (TPSA) is 71.5 Å². The first-order valence-corrected chi connectivity index (χ1v) is 10.2. The van der Waals surface area contributed by atoms with Gasteiger partial charge in [-0.2, -0.15) is 0 Å². The zero-order chi connectivity index (χ0) is 20.1. The molecule has 148 valence electrons. The van der Waals surface area contributed by atoms with Crippen LogP contribution in [0.2, 0.25) is 0 Å². The molecule has 7 heteroatoms. The van der Waals surface area contributed by atoms with E-state index >= 15 is 0 Å². The van der Waals surface area contributed by atoms with E-state index in [1.807, 2.05) is 50.4 Å². The van der Waals surface area contributed by atoms with Gasteiger partial charge >= 0.3 is 0 Å². The van der Waals surface area contributed by atoms with Crippen LogP contribution in [-0.4, -0.2) is 40.8 Å². The lowest BCUT2D eigenvalue weighted by atomic mass is 9.99. The number of carbonyl (C=O) groups is 2. The van der Waals surface area contributed by atoms with Gasteiger partial charge in [0.2, 0.25) is 11.8 Å². The number of nitrogens with one attached hydrogen (secondary N) is 1. The number of piperazine rings is 1. The highest BCUT2D eigenvalue weighted by Gasteiger charge is 2.34. The molecule has 6 nitrogen and oxygen atoms in total. The Balaban J connectivity index is 1.64. The number of ether oxygens (including phenoxy) is 1. The van der Waals surface area contributed by atoms with E-state index in [1.165, 1.54) is 6.08 Å². The van der Waals surface area contributed by atoms with Crippen LogP contribution in [0.5, 0.6) is 5.75 Å². The van der Waals surface area contributed by atoms with Gasteiger partial charge in [-0.3, -0.25) is 9.59 Å². The Morgan fingerprint density at radius 1 is 1.46 bits per heavy atom. The minimum absolute atomic E-state index is 0.0590. The normalized spacial score (nSPS) is 17.2. The maximum Gasteiger partial charge on any atom is 0.247 e. The fourth-order valence-corrected chi connectivity index (χ4v) is 3.80. The summed E-state index contributed by atoms with van der Waals surface area (Å²) in [7, 11) is 0. The molecule has 1 aliphatic rings. The zero-order valence-corrected chi connectivity index (χ0v) is 17.2. The standard InChI is InChI=1S/C21H25N3O3S/c1-14(2)20-21(26)22-9-10-24(20)19(25)8-7-16-5-4-6-18(11-16)27-12-17-13-28-15(3)23-17/h4-8,11,13-14,20H,9-10,12H2,1-3H3,(H,22,26). The lowest BCUT2D eigenvalue weighted by Gasteiger charge is -2.36. The van der Waals surface area contributed by atoms with Crippen LogP contribution in [0.25, 0.3) is 6.08 Å². The number of thiazole rings is 1. The second kappa shape index (κ2) is 9.01. The van der Waals surface area contributed by atoms with Gasteiger partial charge in [-0.15, -0.1) is 11.3 Å². The van der Waals surface area contributed by atoms with Crippen LogP contribution < -0.4 is 10.1 Å². The van der Waals surface area contributed by atoms with Crippen molar-refractivity contribution in [1.82, 2.24) is 15.2 Å². The molecule has 1 unspecified atom stereocenters. The molecule has 3 rings (SSSR count). The Labute approximate surface area is 169 Å². The van der Waals surface area contributed by atoms with Crippen LogP contribution in [0.1, 0.15) is 30.1 Å². The molecular formula is C21H25N3O3S. The van der Waals surface area contributed by atoms with E-state index in [2.05, 4.69) is 10.3 Å². The summed E-state index contributed by atoms with van der Waals surface area (Å²) in [5.74, 6) is 0.537. The van der Waals surface area contributed by atoms with E-state index in [-0.39, 0.29) is 17.7 Å². The molecule has 1 N–H and O–H groups in total. The maximum atomic E-state index is 12.7. The highest BCUT2D eigenvalue weighted by Crippen LogP contribution is 2.18. The van der Waals surface area contributed by atoms with Gasteiger partial charge in [-0.25, -0.2) is 4.98 Å². The summed E-state index contributed by atoms with van der Waals surface area (Å²) < 4.78 is 5.79. The van der Waals surface area contributed by atoms with Crippen molar-refractivity contribution >= 4 is 29.2 Å². The predicted octanol–water partition coefficient (Wildman–Crippen LogP) is 3.03. The summed E-state index contributed by atoms with van der Waals surface area (Å²) in [6.07, 6.45) is 3.28. The molecule has 2 amide bonds. The van der Waals surface area contributed by atoms with Crippen molar-refractivity contribution in [3.63, 3.8) is 0 Å². The first-order chi connectivity index (χ1) is 13.4. The van der Waals surface area contributed by atoms with Crippen molar-refractivity contribution in [3.8, 4) is 5.75 Å². The zero-order valence-electron chi connectivity index (χ0n) is 16.3. The van der Waals surface area contributed by atoms with Gasteiger partial charge in [0.15, 0.2) is 0 Å². The molecule has 2 aromatic rings. The van der Waals surface area contributed by atoms with Gasteiger partial charge in [0, 0.05) is 24.5 Å². The first kappa shape index (κ1) is 20.1. The van der Waals surface area contributed by atoms with Gasteiger partial charge in [-0.05, 0) is 36.6 Å². The monoisotopic (exact) mass is 399 g/mol. The van der Waals surface area contributed by atoms with Gasteiger partial charge in [0.25, 0.3) is 0 Å². The molecule has 1 fully saturated rings. The molecule has 0 saturated carbocycles. The molecule has 1 aromatic carbocycles. The van der Waals surface area contributed by atoms with Crippen molar-refractivity contribution in [1.29, 1.82) is 0 Å². The van der Waals surface area contributed by atoms with E-state index in [9.17, 15) is 9.59 Å². The smallest absolute Gasteiger partial charge is 0.247 e. The average molecular weight is 400 g/mol. The molecule has 0 spiro atoms. The van der Waals surface area contributed by atoms with E-state index in [4.69, 9.17) is 4.74 Å². The predicted molar refractivity (Wildman–Crippen MR) is 110 cm³/mol. The van der Waals surface area contributed by atoms with Crippen molar-refractivity contribution < 1.29 is 14.3 Å². The van der Waals surface area contributed by atoms with Crippen LogP contribution in [-0.2, 0) is 16.2 Å². The molecule has 2 heterocycles. The van der Waals surface area contributed by atoms with Crippen molar-refractivity contribution in [2.75, 3.05) is 13.1 Å². The highest BCUT2D eigenvalue weighted by atomic mass is 32.1. The molecule has 1 aliphatic heterocycles. The van der Waals surface area contributed by atoms with Crippen molar-refractivity contribution in [2.45, 2.75) is 33.4 Å². The maximum absolute atomic E-state index is 12.7. The molecule has 0 radical (unpaired) electrons. The van der Waals surface area contributed by atoms with E-state index in [0.29, 0.717) is 19.7 Å². The third kappa shape index (κ3) is 4.98. The quantitative estimate of drug-likeness (QED) is 0.758. The Morgan fingerprint density at radius 3 is 3.00 bits per heavy atom. The Hall–Kier alpha value is -2.67. The Morgan fingerprint density at radius 2 is 2.29 bits per heavy atom. The fourth-order valence-electron chi connectivity index (χ4n) is 3.20. The molecule has 0 aliphatic carbocycles. The highest BCUT2D eigenvalue weighted by molar-refractivity contribution is 7.09. The van der Waals surface area contributed by atoms with Gasteiger partial charge in [0.05, 0.1) is 10.7 Å². The summed E-state index contributed by atoms with van der Waals surface area (Å²) in [5, 5.41) is 5.83. The summed E-state index contributed by atoms with van der Waals surface area (Å²) in [4.78, 5) is 30.8. The molecular weight excluding hydrogens is 374 g/mol. The summed E-state index contributed by atoms with van der Waals surface area (Å²) in [6, 6.07) is 7.12. The lowest BCUT2D eigenvalue weighted by Crippen LogP contribution is -2.58. The number of aromatic nitrogens is 1. The Bertz CT molecular complexity index is 875. The summed E-state index contributed by atoms with van der Waals surface area (Å²) >= 11 is 1.60. The average Bonchev–Trinajstić information content (AvgIpc) is 3.09. The summed E-state index contributed by atoms with van der Waals surface area (Å²) in [5.41, 5.74) is 1.77. The number of carbonyl (C=O) groups excluding carboxylic acids is 2. The second-order valence-corrected chi connectivity index (χ2v) is 8.13. The number of aryl methyl sites for hydroxylation is 1. The Kier molecular flexibility index (Phi) is 6.46. The number of hydrogen-bond donors (Lipinski definition) is 1. The number of benzene rings is 1. The van der Waals surface area contributed by atoms with Crippen LogP contribution in [0.15, 0.2) is 35.7 Å². The van der Waals surface area contributed by atoms with Gasteiger partial charge in [0.1, 0.15) is 18.4 Å². The minimum Gasteiger partial charge on any atom is -0.487 e. The molecule has 0 bridgehead atoms. The van der Waals surface area contributed by atoms with E-state index < -0.39 is 6.04 Å². The van der Waals surface area contributed by atoms with Crippen molar-refractivity contribution in [3.05, 3.63) is 52.0 Å². The van der Waals surface area contributed by atoms with Crippen LogP contribution in [0.4, 0.5) is 0 Å². The lowest BCUT2D eigenvalue weighted by molar-refractivity contribution is -0.141. The molecule has 1 atom stereocenters. The number of hydrogen-bond acceptors (Lipinski definition) is 5.